The van der Waals surface area contributed by atoms with Crippen LogP contribution in [0.4, 0.5) is 0 Å². The van der Waals surface area contributed by atoms with Gasteiger partial charge in [-0.1, -0.05) is 24.3 Å². The first kappa shape index (κ1) is 14.9. The van der Waals surface area contributed by atoms with Crippen LogP contribution in [0.1, 0.15) is 36.1 Å². The zero-order valence-corrected chi connectivity index (χ0v) is 12.5. The number of hydrogen-bond donors (Lipinski definition) is 2. The van der Waals surface area contributed by atoms with E-state index < -0.39 is 5.60 Å². The molecule has 1 aromatic heterocycles. The van der Waals surface area contributed by atoms with E-state index in [2.05, 4.69) is 11.4 Å². The summed E-state index contributed by atoms with van der Waals surface area (Å²) in [5.41, 5.74) is 1.18. The summed E-state index contributed by atoms with van der Waals surface area (Å²) in [5, 5.41) is 13.8. The Morgan fingerprint density at radius 2 is 2.14 bits per heavy atom. The van der Waals surface area contributed by atoms with Gasteiger partial charge in [0.1, 0.15) is 11.4 Å². The first-order valence-electron chi connectivity index (χ1n) is 7.77. The van der Waals surface area contributed by atoms with E-state index >= 15 is 0 Å². The van der Waals surface area contributed by atoms with Gasteiger partial charge < -0.3 is 14.8 Å². The molecule has 22 heavy (non-hydrogen) atoms. The average molecular weight is 299 g/mol. The van der Waals surface area contributed by atoms with Crippen LogP contribution in [0.15, 0.2) is 47.1 Å². The fraction of sp³-hybridized carbons (Fsp3) is 0.389. The van der Waals surface area contributed by atoms with E-state index in [0.29, 0.717) is 19.3 Å². The Morgan fingerprint density at radius 3 is 2.95 bits per heavy atom. The Bertz CT molecular complexity index is 636. The highest BCUT2D eigenvalue weighted by molar-refractivity contribution is 5.76. The quantitative estimate of drug-likeness (QED) is 0.892. The number of fused-ring (bicyclic) bond motifs is 1. The molecule has 116 valence electrons. The number of hydrogen-bond acceptors (Lipinski definition) is 3. The minimum Gasteiger partial charge on any atom is -0.469 e. The molecule has 0 aliphatic heterocycles. The predicted octanol–water partition coefficient (Wildman–Crippen LogP) is 2.55. The number of aryl methyl sites for hydroxylation is 2. The summed E-state index contributed by atoms with van der Waals surface area (Å²) in [6.45, 7) is 0.265. The van der Waals surface area contributed by atoms with Crippen LogP contribution in [0, 0.1) is 0 Å². The SMILES string of the molecule is O=C(CCc1ccco1)NCC1(O)CCCc2ccccc21. The monoisotopic (exact) mass is 299 g/mol. The van der Waals surface area contributed by atoms with E-state index in [4.69, 9.17) is 4.42 Å². The van der Waals surface area contributed by atoms with Gasteiger partial charge in [0.15, 0.2) is 0 Å². The zero-order chi connectivity index (χ0) is 15.4. The van der Waals surface area contributed by atoms with Crippen LogP contribution in [0.3, 0.4) is 0 Å². The summed E-state index contributed by atoms with van der Waals surface area (Å²) < 4.78 is 5.22. The van der Waals surface area contributed by atoms with E-state index in [0.717, 1.165) is 24.2 Å². The van der Waals surface area contributed by atoms with Crippen LogP contribution in [0.25, 0.3) is 0 Å². The maximum absolute atomic E-state index is 12.0. The summed E-state index contributed by atoms with van der Waals surface area (Å²) in [7, 11) is 0. The number of rotatable bonds is 5. The van der Waals surface area contributed by atoms with Gasteiger partial charge in [-0.25, -0.2) is 0 Å². The molecule has 1 aliphatic carbocycles. The minimum absolute atomic E-state index is 0.0621. The van der Waals surface area contributed by atoms with Crippen LogP contribution >= 0.6 is 0 Å². The van der Waals surface area contributed by atoms with Crippen LogP contribution < -0.4 is 5.32 Å². The molecule has 4 nitrogen and oxygen atoms in total. The van der Waals surface area contributed by atoms with Gasteiger partial charge >= 0.3 is 0 Å². The molecule has 1 heterocycles. The second-order valence-corrected chi connectivity index (χ2v) is 5.90. The van der Waals surface area contributed by atoms with Crippen molar-refractivity contribution in [2.24, 2.45) is 0 Å². The van der Waals surface area contributed by atoms with Crippen LogP contribution in [-0.4, -0.2) is 17.6 Å². The third-order valence-corrected chi connectivity index (χ3v) is 4.31. The second kappa shape index (κ2) is 6.36. The molecule has 1 atom stereocenters. The van der Waals surface area contributed by atoms with E-state index in [1.54, 1.807) is 6.26 Å². The Kier molecular flexibility index (Phi) is 4.29. The molecule has 1 aliphatic rings. The molecule has 0 saturated carbocycles. The highest BCUT2D eigenvalue weighted by Gasteiger charge is 2.34. The van der Waals surface area contributed by atoms with E-state index in [1.165, 1.54) is 5.56 Å². The Labute approximate surface area is 130 Å². The van der Waals surface area contributed by atoms with E-state index in [-0.39, 0.29) is 12.5 Å². The molecule has 2 N–H and O–H groups in total. The number of furan rings is 1. The van der Waals surface area contributed by atoms with Gasteiger partial charge in [-0.05, 0) is 42.5 Å². The minimum atomic E-state index is -0.949. The van der Waals surface area contributed by atoms with Crippen molar-refractivity contribution in [1.29, 1.82) is 0 Å². The number of amides is 1. The molecule has 4 heteroatoms. The molecule has 0 bridgehead atoms. The maximum Gasteiger partial charge on any atom is 0.220 e. The van der Waals surface area contributed by atoms with E-state index in [1.807, 2.05) is 30.3 Å². The first-order chi connectivity index (χ1) is 10.7. The lowest BCUT2D eigenvalue weighted by Gasteiger charge is -2.34. The standard InChI is InChI=1S/C18H21NO3/c20-17(10-9-15-7-4-12-22-15)19-13-18(21)11-3-6-14-5-1-2-8-16(14)18/h1-2,4-5,7-8,12,21H,3,6,9-11,13H2,(H,19,20). The van der Waals surface area contributed by atoms with Crippen molar-refractivity contribution in [3.8, 4) is 0 Å². The normalized spacial score (nSPS) is 20.4. The molecule has 2 aromatic rings. The number of nitrogens with one attached hydrogen (secondary N) is 1. The molecular formula is C18H21NO3. The summed E-state index contributed by atoms with van der Waals surface area (Å²) in [6.07, 6.45) is 5.16. The van der Waals surface area contributed by atoms with Crippen LogP contribution in [-0.2, 0) is 23.2 Å². The largest absolute Gasteiger partial charge is 0.469 e. The summed E-state index contributed by atoms with van der Waals surface area (Å²) >= 11 is 0. The first-order valence-corrected chi connectivity index (χ1v) is 7.77. The molecule has 1 aromatic carbocycles. The Hall–Kier alpha value is -2.07. The zero-order valence-electron chi connectivity index (χ0n) is 12.5. The summed E-state index contributed by atoms with van der Waals surface area (Å²) in [5.74, 6) is 0.741. The topological polar surface area (TPSA) is 62.5 Å². The lowest BCUT2D eigenvalue weighted by Crippen LogP contribution is -2.43. The van der Waals surface area contributed by atoms with Crippen molar-refractivity contribution >= 4 is 5.91 Å². The number of carbonyl (C=O) groups excluding carboxylic acids is 1. The molecule has 0 radical (unpaired) electrons. The highest BCUT2D eigenvalue weighted by atomic mass is 16.3. The molecular weight excluding hydrogens is 278 g/mol. The van der Waals surface area contributed by atoms with Gasteiger partial charge in [0, 0.05) is 12.8 Å². The van der Waals surface area contributed by atoms with Crippen LogP contribution in [0.2, 0.25) is 0 Å². The smallest absolute Gasteiger partial charge is 0.220 e. The Morgan fingerprint density at radius 1 is 1.27 bits per heavy atom. The second-order valence-electron chi connectivity index (χ2n) is 5.90. The maximum atomic E-state index is 12.0. The van der Waals surface area contributed by atoms with Gasteiger partial charge in [0.25, 0.3) is 0 Å². The lowest BCUT2D eigenvalue weighted by molar-refractivity contribution is -0.122. The molecule has 0 spiro atoms. The number of carbonyl (C=O) groups is 1. The van der Waals surface area contributed by atoms with Gasteiger partial charge in [0.05, 0.1) is 12.8 Å². The lowest BCUT2D eigenvalue weighted by atomic mass is 9.79. The van der Waals surface area contributed by atoms with Crippen LogP contribution in [0.5, 0.6) is 0 Å². The van der Waals surface area contributed by atoms with Crippen molar-refractivity contribution < 1.29 is 14.3 Å². The number of benzene rings is 1. The third kappa shape index (κ3) is 3.22. The van der Waals surface area contributed by atoms with Crippen molar-refractivity contribution in [1.82, 2.24) is 5.32 Å². The van der Waals surface area contributed by atoms with Gasteiger partial charge in [-0.2, -0.15) is 0 Å². The summed E-state index contributed by atoms with van der Waals surface area (Å²) in [6, 6.07) is 11.6. The molecule has 3 rings (SSSR count). The van der Waals surface area contributed by atoms with Gasteiger partial charge in [0.2, 0.25) is 5.91 Å². The van der Waals surface area contributed by atoms with Crippen molar-refractivity contribution in [2.75, 3.05) is 6.54 Å². The fourth-order valence-electron chi connectivity index (χ4n) is 3.11. The van der Waals surface area contributed by atoms with Crippen molar-refractivity contribution in [3.63, 3.8) is 0 Å². The average Bonchev–Trinajstić information content (AvgIpc) is 3.05. The fourth-order valence-corrected chi connectivity index (χ4v) is 3.11. The molecule has 0 fully saturated rings. The number of aliphatic hydroxyl groups is 1. The van der Waals surface area contributed by atoms with Gasteiger partial charge in [-0.15, -0.1) is 0 Å². The highest BCUT2D eigenvalue weighted by Crippen LogP contribution is 2.34. The van der Waals surface area contributed by atoms with Gasteiger partial charge in [-0.3, -0.25) is 4.79 Å². The van der Waals surface area contributed by atoms with Crippen molar-refractivity contribution in [2.45, 2.75) is 37.7 Å². The van der Waals surface area contributed by atoms with E-state index in [9.17, 15) is 9.90 Å². The molecule has 1 amide bonds. The van der Waals surface area contributed by atoms with Crippen molar-refractivity contribution in [3.05, 3.63) is 59.5 Å². The predicted molar refractivity (Wildman–Crippen MR) is 83.3 cm³/mol. The Balaban J connectivity index is 1.58. The summed E-state index contributed by atoms with van der Waals surface area (Å²) in [4.78, 5) is 12.0. The third-order valence-electron chi connectivity index (χ3n) is 4.31. The molecule has 1 unspecified atom stereocenters. The molecule has 0 saturated heterocycles.